The number of rotatable bonds is 4. The average Bonchev–Trinajstić information content (AvgIpc) is 2.74. The normalized spacial score (nSPS) is 13.6. The van der Waals surface area contributed by atoms with Crippen LogP contribution >= 0.6 is 11.6 Å². The zero-order chi connectivity index (χ0) is 21.3. The molecule has 30 heavy (non-hydrogen) atoms. The van der Waals surface area contributed by atoms with Crippen LogP contribution in [0.25, 0.3) is 0 Å². The molecule has 0 fully saturated rings. The molecule has 0 aliphatic carbocycles. The number of nitrogens with zero attached hydrogens (tertiary/aromatic N) is 1. The Labute approximate surface area is 181 Å². The van der Waals surface area contributed by atoms with Crippen molar-refractivity contribution in [3.05, 3.63) is 88.4 Å². The van der Waals surface area contributed by atoms with E-state index in [1.807, 2.05) is 31.2 Å². The summed E-state index contributed by atoms with van der Waals surface area (Å²) in [7, 11) is -3.70. The highest BCUT2D eigenvalue weighted by Gasteiger charge is 2.29. The number of carbonyl (C=O) groups excluding carboxylic acids is 1. The van der Waals surface area contributed by atoms with Crippen LogP contribution in [0.3, 0.4) is 0 Å². The van der Waals surface area contributed by atoms with Crippen LogP contribution in [0.15, 0.2) is 71.6 Å². The Kier molecular flexibility index (Phi) is 5.54. The minimum Gasteiger partial charge on any atom is -0.322 e. The van der Waals surface area contributed by atoms with Crippen LogP contribution in [-0.4, -0.2) is 20.9 Å². The maximum atomic E-state index is 13.2. The molecule has 0 radical (unpaired) electrons. The van der Waals surface area contributed by atoms with Crippen molar-refractivity contribution in [2.45, 2.75) is 24.7 Å². The first-order chi connectivity index (χ1) is 14.3. The molecule has 0 saturated carbocycles. The monoisotopic (exact) mass is 440 g/mol. The van der Waals surface area contributed by atoms with Crippen LogP contribution in [0.5, 0.6) is 0 Å². The molecule has 0 saturated heterocycles. The fourth-order valence-corrected chi connectivity index (χ4v) is 5.19. The van der Waals surface area contributed by atoms with E-state index < -0.39 is 10.0 Å². The molecule has 5 nitrogen and oxygen atoms in total. The number of sulfonamides is 1. The van der Waals surface area contributed by atoms with E-state index in [9.17, 15) is 13.2 Å². The van der Waals surface area contributed by atoms with Gasteiger partial charge in [0.05, 0.1) is 10.6 Å². The van der Waals surface area contributed by atoms with Gasteiger partial charge in [-0.3, -0.25) is 9.10 Å². The second-order valence-electron chi connectivity index (χ2n) is 7.30. The first-order valence-electron chi connectivity index (χ1n) is 9.64. The smallest absolute Gasteiger partial charge is 0.264 e. The van der Waals surface area contributed by atoms with Crippen molar-refractivity contribution in [3.63, 3.8) is 0 Å². The molecule has 1 N–H and O–H groups in total. The standard InChI is InChI=1S/C23H21ClN2O3S/c1-16-4-9-20(10-5-16)25-23(27)18-6-13-22-17(15-18)3-2-14-26(22)30(28,29)21-11-7-19(24)8-12-21/h4-13,15H,2-3,14H2,1H3,(H,25,27). The number of anilines is 2. The van der Waals surface area contributed by atoms with Gasteiger partial charge in [0.2, 0.25) is 0 Å². The molecule has 0 bridgehead atoms. The average molecular weight is 441 g/mol. The molecule has 1 aliphatic heterocycles. The molecule has 0 aromatic heterocycles. The number of hydrogen-bond acceptors (Lipinski definition) is 3. The number of carbonyl (C=O) groups is 1. The summed E-state index contributed by atoms with van der Waals surface area (Å²) < 4.78 is 27.7. The largest absolute Gasteiger partial charge is 0.322 e. The summed E-state index contributed by atoms with van der Waals surface area (Å²) in [6.07, 6.45) is 1.40. The van der Waals surface area contributed by atoms with Gasteiger partial charge in [-0.15, -0.1) is 0 Å². The summed E-state index contributed by atoms with van der Waals surface area (Å²) in [5.41, 5.74) is 3.79. The van der Waals surface area contributed by atoms with Gasteiger partial charge in [0.15, 0.2) is 0 Å². The lowest BCUT2D eigenvalue weighted by atomic mass is 10.0. The molecule has 1 amide bonds. The Bertz CT molecular complexity index is 1190. The van der Waals surface area contributed by atoms with Crippen molar-refractivity contribution in [1.29, 1.82) is 0 Å². The molecule has 1 aliphatic rings. The second kappa shape index (κ2) is 8.13. The lowest BCUT2D eigenvalue weighted by Gasteiger charge is -2.30. The van der Waals surface area contributed by atoms with Gasteiger partial charge in [0, 0.05) is 22.8 Å². The third-order valence-electron chi connectivity index (χ3n) is 5.13. The minimum absolute atomic E-state index is 0.195. The number of benzene rings is 3. The van der Waals surface area contributed by atoms with Crippen LogP contribution in [0.1, 0.15) is 27.9 Å². The minimum atomic E-state index is -3.70. The SMILES string of the molecule is Cc1ccc(NC(=O)c2ccc3c(c2)CCCN3S(=O)(=O)c2ccc(Cl)cc2)cc1. The van der Waals surface area contributed by atoms with E-state index in [-0.39, 0.29) is 10.8 Å². The van der Waals surface area contributed by atoms with Crippen molar-refractivity contribution in [3.8, 4) is 0 Å². The van der Waals surface area contributed by atoms with Crippen molar-refractivity contribution >= 4 is 38.9 Å². The summed E-state index contributed by atoms with van der Waals surface area (Å²) in [5, 5.41) is 3.37. The summed E-state index contributed by atoms with van der Waals surface area (Å²) in [6, 6.07) is 18.9. The van der Waals surface area contributed by atoms with E-state index in [1.54, 1.807) is 30.3 Å². The Hall–Kier alpha value is -2.83. The molecule has 0 atom stereocenters. The Balaban J connectivity index is 1.61. The summed E-state index contributed by atoms with van der Waals surface area (Å²) in [5.74, 6) is -0.223. The maximum absolute atomic E-state index is 13.2. The van der Waals surface area contributed by atoms with E-state index in [4.69, 9.17) is 11.6 Å². The molecule has 3 aromatic rings. The highest BCUT2D eigenvalue weighted by atomic mass is 35.5. The number of halogens is 1. The zero-order valence-corrected chi connectivity index (χ0v) is 18.0. The van der Waals surface area contributed by atoms with E-state index in [0.29, 0.717) is 35.7 Å². The molecule has 1 heterocycles. The van der Waals surface area contributed by atoms with Gasteiger partial charge in [-0.2, -0.15) is 0 Å². The number of aryl methyl sites for hydroxylation is 2. The lowest BCUT2D eigenvalue weighted by Crippen LogP contribution is -2.35. The van der Waals surface area contributed by atoms with Gasteiger partial charge in [0.25, 0.3) is 15.9 Å². The lowest BCUT2D eigenvalue weighted by molar-refractivity contribution is 0.102. The van der Waals surface area contributed by atoms with E-state index >= 15 is 0 Å². The van der Waals surface area contributed by atoms with Crippen LogP contribution < -0.4 is 9.62 Å². The van der Waals surface area contributed by atoms with Crippen molar-refractivity contribution in [2.75, 3.05) is 16.2 Å². The highest BCUT2D eigenvalue weighted by Crippen LogP contribution is 2.33. The number of fused-ring (bicyclic) bond motifs is 1. The molecular formula is C23H21ClN2O3S. The number of hydrogen-bond donors (Lipinski definition) is 1. The third-order valence-corrected chi connectivity index (χ3v) is 7.21. The molecule has 154 valence electrons. The van der Waals surface area contributed by atoms with E-state index in [1.165, 1.54) is 16.4 Å². The predicted octanol–water partition coefficient (Wildman–Crippen LogP) is 5.04. The van der Waals surface area contributed by atoms with Gasteiger partial charge in [-0.1, -0.05) is 29.3 Å². The maximum Gasteiger partial charge on any atom is 0.264 e. The topological polar surface area (TPSA) is 66.5 Å². The van der Waals surface area contributed by atoms with Gasteiger partial charge in [-0.05, 0) is 79.9 Å². The highest BCUT2D eigenvalue weighted by molar-refractivity contribution is 7.92. The van der Waals surface area contributed by atoms with Crippen molar-refractivity contribution in [1.82, 2.24) is 0 Å². The molecule has 0 unspecified atom stereocenters. The van der Waals surface area contributed by atoms with Crippen LogP contribution in [-0.2, 0) is 16.4 Å². The van der Waals surface area contributed by atoms with Gasteiger partial charge >= 0.3 is 0 Å². The Morgan fingerprint density at radius 3 is 2.40 bits per heavy atom. The van der Waals surface area contributed by atoms with Crippen LogP contribution in [0.4, 0.5) is 11.4 Å². The first-order valence-corrected chi connectivity index (χ1v) is 11.5. The summed E-state index contributed by atoms with van der Waals surface area (Å²) >= 11 is 5.90. The predicted molar refractivity (Wildman–Crippen MR) is 120 cm³/mol. The second-order valence-corrected chi connectivity index (χ2v) is 9.60. The van der Waals surface area contributed by atoms with Gasteiger partial charge in [0.1, 0.15) is 0 Å². The number of nitrogens with one attached hydrogen (secondary N) is 1. The fraction of sp³-hybridized carbons (Fsp3) is 0.174. The molecular weight excluding hydrogens is 420 g/mol. The number of amides is 1. The van der Waals surface area contributed by atoms with Gasteiger partial charge < -0.3 is 5.32 Å². The summed E-state index contributed by atoms with van der Waals surface area (Å²) in [4.78, 5) is 12.9. The first kappa shape index (κ1) is 20.4. The Morgan fingerprint density at radius 2 is 1.70 bits per heavy atom. The van der Waals surface area contributed by atoms with Gasteiger partial charge in [-0.25, -0.2) is 8.42 Å². The van der Waals surface area contributed by atoms with E-state index in [2.05, 4.69) is 5.32 Å². The Morgan fingerprint density at radius 1 is 1.00 bits per heavy atom. The molecule has 4 rings (SSSR count). The quantitative estimate of drug-likeness (QED) is 0.617. The van der Waals surface area contributed by atoms with Crippen molar-refractivity contribution in [2.24, 2.45) is 0 Å². The summed E-state index contributed by atoms with van der Waals surface area (Å²) in [6.45, 7) is 2.38. The van der Waals surface area contributed by atoms with Crippen molar-refractivity contribution < 1.29 is 13.2 Å². The fourth-order valence-electron chi connectivity index (χ4n) is 3.53. The van der Waals surface area contributed by atoms with E-state index in [0.717, 1.165) is 16.8 Å². The molecule has 3 aromatic carbocycles. The molecule has 7 heteroatoms. The van der Waals surface area contributed by atoms with Crippen LogP contribution in [0.2, 0.25) is 5.02 Å². The van der Waals surface area contributed by atoms with Crippen LogP contribution in [0, 0.1) is 6.92 Å². The third kappa shape index (κ3) is 4.06. The molecule has 0 spiro atoms. The zero-order valence-electron chi connectivity index (χ0n) is 16.4.